The Kier molecular flexibility index (Phi) is 3.54. The molecule has 6 heteroatoms. The highest BCUT2D eigenvalue weighted by Crippen LogP contribution is 2.22. The molecule has 1 aromatic heterocycles. The van der Waals surface area contributed by atoms with Crippen molar-refractivity contribution in [3.05, 3.63) is 28.4 Å². The summed E-state index contributed by atoms with van der Waals surface area (Å²) in [6.07, 6.45) is 2.19. The molecule has 0 radical (unpaired) electrons. The third-order valence-corrected chi connectivity index (χ3v) is 1.42. The zero-order chi connectivity index (χ0) is 10.4. The number of ether oxygens (including phenoxy) is 1. The molecule has 0 unspecified atom stereocenters. The predicted molar refractivity (Wildman–Crippen MR) is 47.1 cm³/mol. The van der Waals surface area contributed by atoms with E-state index in [1.54, 1.807) is 0 Å². The zero-order valence-corrected chi connectivity index (χ0v) is 7.25. The second-order valence-corrected chi connectivity index (χ2v) is 2.39. The van der Waals surface area contributed by atoms with Crippen molar-refractivity contribution < 1.29 is 14.5 Å². The molecule has 0 aliphatic carbocycles. The summed E-state index contributed by atoms with van der Waals surface area (Å²) in [7, 11) is 0. The van der Waals surface area contributed by atoms with Crippen molar-refractivity contribution in [2.75, 3.05) is 6.61 Å². The van der Waals surface area contributed by atoms with Crippen LogP contribution in [0.15, 0.2) is 18.3 Å². The molecule has 0 aliphatic rings. The van der Waals surface area contributed by atoms with Gasteiger partial charge in [0.15, 0.2) is 0 Å². The fraction of sp³-hybridized carbons (Fsp3) is 0.250. The molecule has 0 amide bonds. The fourth-order valence-electron chi connectivity index (χ4n) is 0.849. The van der Waals surface area contributed by atoms with Crippen molar-refractivity contribution in [1.82, 2.24) is 4.98 Å². The summed E-state index contributed by atoms with van der Waals surface area (Å²) < 4.78 is 5.00. The number of nitro groups is 1. The Bertz CT molecular complexity index is 340. The lowest BCUT2D eigenvalue weighted by molar-refractivity contribution is -0.390. The van der Waals surface area contributed by atoms with Gasteiger partial charge in [-0.2, -0.15) is 0 Å². The van der Waals surface area contributed by atoms with E-state index in [4.69, 9.17) is 4.74 Å². The molecular formula is C8H8N2O4. The van der Waals surface area contributed by atoms with Gasteiger partial charge >= 0.3 is 5.82 Å². The van der Waals surface area contributed by atoms with E-state index in [9.17, 15) is 14.9 Å². The topological polar surface area (TPSA) is 82.3 Å². The summed E-state index contributed by atoms with van der Waals surface area (Å²) in [5.41, 5.74) is 0. The van der Waals surface area contributed by atoms with E-state index in [0.717, 1.165) is 0 Å². The van der Waals surface area contributed by atoms with Gasteiger partial charge in [-0.1, -0.05) is 0 Å². The number of rotatable bonds is 5. The number of hydrogen-bond donors (Lipinski definition) is 0. The Balaban J connectivity index is 2.74. The second kappa shape index (κ2) is 4.90. The minimum atomic E-state index is -0.629. The second-order valence-electron chi connectivity index (χ2n) is 2.39. The van der Waals surface area contributed by atoms with Crippen molar-refractivity contribution in [3.8, 4) is 5.75 Å². The lowest BCUT2D eigenvalue weighted by atomic mass is 10.4. The molecule has 6 nitrogen and oxygen atoms in total. The average Bonchev–Trinajstić information content (AvgIpc) is 2.19. The van der Waals surface area contributed by atoms with Crippen LogP contribution in [0, 0.1) is 10.1 Å². The van der Waals surface area contributed by atoms with Crippen molar-refractivity contribution in [2.24, 2.45) is 0 Å². The maximum absolute atomic E-state index is 10.4. The maximum Gasteiger partial charge on any atom is 0.406 e. The number of aldehydes is 1. The van der Waals surface area contributed by atoms with E-state index in [1.165, 1.54) is 18.3 Å². The first kappa shape index (κ1) is 10.1. The smallest absolute Gasteiger partial charge is 0.406 e. The van der Waals surface area contributed by atoms with Crippen LogP contribution in [0.2, 0.25) is 0 Å². The van der Waals surface area contributed by atoms with Gasteiger partial charge in [0.1, 0.15) is 12.5 Å². The van der Waals surface area contributed by atoms with Crippen molar-refractivity contribution >= 4 is 12.1 Å². The van der Waals surface area contributed by atoms with Gasteiger partial charge < -0.3 is 19.6 Å². The van der Waals surface area contributed by atoms with Gasteiger partial charge in [-0.15, -0.1) is 0 Å². The van der Waals surface area contributed by atoms with Gasteiger partial charge in [0.2, 0.25) is 5.75 Å². The van der Waals surface area contributed by atoms with E-state index >= 15 is 0 Å². The van der Waals surface area contributed by atoms with Gasteiger partial charge in [-0.05, 0) is 22.0 Å². The Morgan fingerprint density at radius 2 is 2.43 bits per heavy atom. The molecule has 1 aromatic rings. The lowest BCUT2D eigenvalue weighted by Gasteiger charge is -2.02. The number of aromatic nitrogens is 1. The molecule has 74 valence electrons. The van der Waals surface area contributed by atoms with Gasteiger partial charge in [-0.25, -0.2) is 0 Å². The van der Waals surface area contributed by atoms with Crippen LogP contribution in [0.3, 0.4) is 0 Å². The Morgan fingerprint density at radius 1 is 1.64 bits per heavy atom. The molecule has 0 spiro atoms. The summed E-state index contributed by atoms with van der Waals surface area (Å²) >= 11 is 0. The zero-order valence-electron chi connectivity index (χ0n) is 7.25. The largest absolute Gasteiger partial charge is 0.485 e. The minimum absolute atomic E-state index is 0.0827. The molecule has 0 saturated heterocycles. The summed E-state index contributed by atoms with van der Waals surface area (Å²) in [5, 5.41) is 10.4. The van der Waals surface area contributed by atoms with Crippen LogP contribution >= 0.6 is 0 Å². The number of carbonyl (C=O) groups is 1. The monoisotopic (exact) mass is 196 g/mol. The molecule has 0 bridgehead atoms. The van der Waals surface area contributed by atoms with Gasteiger partial charge in [0.25, 0.3) is 0 Å². The molecule has 0 aromatic carbocycles. The highest BCUT2D eigenvalue weighted by atomic mass is 16.6. The highest BCUT2D eigenvalue weighted by Gasteiger charge is 2.14. The van der Waals surface area contributed by atoms with E-state index in [0.29, 0.717) is 6.29 Å². The first-order chi connectivity index (χ1) is 6.75. The van der Waals surface area contributed by atoms with Gasteiger partial charge in [0.05, 0.1) is 6.61 Å². The van der Waals surface area contributed by atoms with E-state index < -0.39 is 4.92 Å². The molecule has 0 saturated carbocycles. The molecule has 0 atom stereocenters. The molecule has 0 N–H and O–H groups in total. The van der Waals surface area contributed by atoms with Crippen molar-refractivity contribution in [2.45, 2.75) is 6.42 Å². The molecule has 1 heterocycles. The summed E-state index contributed by atoms with van der Waals surface area (Å²) in [5.74, 6) is -0.252. The summed E-state index contributed by atoms with van der Waals surface area (Å²) in [6, 6.07) is 2.97. The van der Waals surface area contributed by atoms with Crippen LogP contribution in [-0.2, 0) is 4.79 Å². The molecular weight excluding hydrogens is 188 g/mol. The van der Waals surface area contributed by atoms with E-state index in [-0.39, 0.29) is 24.6 Å². The number of nitrogens with zero attached hydrogens (tertiary/aromatic N) is 2. The lowest BCUT2D eigenvalue weighted by Crippen LogP contribution is -2.01. The van der Waals surface area contributed by atoms with Crippen LogP contribution in [-0.4, -0.2) is 22.8 Å². The maximum atomic E-state index is 10.4. The van der Waals surface area contributed by atoms with E-state index in [2.05, 4.69) is 4.98 Å². The molecule has 1 rings (SSSR count). The van der Waals surface area contributed by atoms with Crippen molar-refractivity contribution in [1.29, 1.82) is 0 Å². The quantitative estimate of drug-likeness (QED) is 0.303. The van der Waals surface area contributed by atoms with Crippen LogP contribution in [0.1, 0.15) is 6.42 Å². The normalized spacial score (nSPS) is 9.43. The van der Waals surface area contributed by atoms with Crippen molar-refractivity contribution in [3.63, 3.8) is 0 Å². The molecule has 0 fully saturated rings. The van der Waals surface area contributed by atoms with Crippen LogP contribution < -0.4 is 4.74 Å². The first-order valence-corrected chi connectivity index (χ1v) is 3.91. The first-order valence-electron chi connectivity index (χ1n) is 3.91. The highest BCUT2D eigenvalue weighted by molar-refractivity contribution is 5.49. The third kappa shape index (κ3) is 2.51. The molecule has 14 heavy (non-hydrogen) atoms. The van der Waals surface area contributed by atoms with Gasteiger partial charge in [0, 0.05) is 6.42 Å². The number of pyridine rings is 1. The minimum Gasteiger partial charge on any atom is -0.485 e. The Hall–Kier alpha value is -1.98. The Labute approximate surface area is 79.7 Å². The fourth-order valence-corrected chi connectivity index (χ4v) is 0.849. The average molecular weight is 196 g/mol. The Morgan fingerprint density at radius 3 is 3.07 bits per heavy atom. The third-order valence-electron chi connectivity index (χ3n) is 1.42. The summed E-state index contributed by atoms with van der Waals surface area (Å²) in [4.78, 5) is 23.3. The number of hydrogen-bond acceptors (Lipinski definition) is 5. The predicted octanol–water partition coefficient (Wildman–Crippen LogP) is 0.958. The summed E-state index contributed by atoms with van der Waals surface area (Å²) in [6.45, 7) is 0.121. The standard InChI is InChI=1S/C8H8N2O4/c11-5-2-6-14-7-3-1-4-9-8(7)10(12)13/h1,3-5H,2,6H2. The van der Waals surface area contributed by atoms with E-state index in [1.807, 2.05) is 0 Å². The van der Waals surface area contributed by atoms with Crippen LogP contribution in [0.4, 0.5) is 5.82 Å². The SMILES string of the molecule is O=CCCOc1cccnc1[N+](=O)[O-]. The van der Waals surface area contributed by atoms with Gasteiger partial charge in [-0.3, -0.25) is 0 Å². The van der Waals surface area contributed by atoms with Crippen LogP contribution in [0.25, 0.3) is 0 Å². The molecule has 0 aliphatic heterocycles. The van der Waals surface area contributed by atoms with Crippen LogP contribution in [0.5, 0.6) is 5.75 Å². The number of carbonyl (C=O) groups excluding carboxylic acids is 1.